The average molecular weight is 255 g/mol. The van der Waals surface area contributed by atoms with Crippen LogP contribution in [0.4, 0.5) is 0 Å². The van der Waals surface area contributed by atoms with Crippen LogP contribution in [0.15, 0.2) is 35.1 Å². The Hall–Kier alpha value is -2.61. The lowest BCUT2D eigenvalue weighted by atomic mass is 10.1. The molecule has 0 aliphatic carbocycles. The van der Waals surface area contributed by atoms with Gasteiger partial charge in [0.15, 0.2) is 0 Å². The summed E-state index contributed by atoms with van der Waals surface area (Å²) in [6, 6.07) is 10.7. The number of hydrogen-bond acceptors (Lipinski definition) is 4. The summed E-state index contributed by atoms with van der Waals surface area (Å²) in [5.74, 6) is 0.788. The summed E-state index contributed by atoms with van der Waals surface area (Å²) in [5, 5.41) is 15.0. The number of H-pyrrole nitrogens is 1. The highest BCUT2D eigenvalue weighted by Crippen LogP contribution is 2.20. The molecule has 0 unspecified atom stereocenters. The zero-order chi connectivity index (χ0) is 13.7. The lowest BCUT2D eigenvalue weighted by molar-refractivity contribution is 0.317. The molecule has 0 fully saturated rings. The number of nitriles is 1. The summed E-state index contributed by atoms with van der Waals surface area (Å²) < 4.78 is 5.48. The normalized spacial score (nSPS) is 9.89. The Balaban J connectivity index is 2.27. The molecule has 0 bridgehead atoms. The van der Waals surface area contributed by atoms with Crippen LogP contribution >= 0.6 is 0 Å². The molecule has 5 heteroatoms. The van der Waals surface area contributed by atoms with Crippen LogP contribution in [0.1, 0.15) is 18.9 Å². The van der Waals surface area contributed by atoms with Gasteiger partial charge in [-0.25, -0.2) is 5.10 Å². The maximum atomic E-state index is 11.2. The van der Waals surface area contributed by atoms with E-state index in [4.69, 9.17) is 10.00 Å². The van der Waals surface area contributed by atoms with Gasteiger partial charge in [-0.3, -0.25) is 4.79 Å². The number of aromatic amines is 1. The molecule has 5 nitrogen and oxygen atoms in total. The van der Waals surface area contributed by atoms with Crippen molar-refractivity contribution < 1.29 is 4.74 Å². The van der Waals surface area contributed by atoms with Gasteiger partial charge in [-0.2, -0.15) is 10.4 Å². The van der Waals surface area contributed by atoms with Gasteiger partial charge in [0, 0.05) is 5.56 Å². The van der Waals surface area contributed by atoms with Gasteiger partial charge in [0.2, 0.25) is 0 Å². The van der Waals surface area contributed by atoms with E-state index >= 15 is 0 Å². The van der Waals surface area contributed by atoms with Crippen LogP contribution < -0.4 is 10.3 Å². The van der Waals surface area contributed by atoms with Crippen LogP contribution in [0.25, 0.3) is 11.3 Å². The highest BCUT2D eigenvalue weighted by molar-refractivity contribution is 5.60. The van der Waals surface area contributed by atoms with E-state index < -0.39 is 5.56 Å². The molecule has 0 saturated heterocycles. The van der Waals surface area contributed by atoms with Crippen molar-refractivity contribution in [2.75, 3.05) is 6.61 Å². The molecule has 1 N–H and O–H groups in total. The summed E-state index contributed by atoms with van der Waals surface area (Å²) in [6.07, 6.45) is 0.953. The molecule has 0 saturated carbocycles. The topological polar surface area (TPSA) is 78.8 Å². The second-order valence-electron chi connectivity index (χ2n) is 3.98. The molecular formula is C14H13N3O2. The van der Waals surface area contributed by atoms with Crippen molar-refractivity contribution in [3.05, 3.63) is 46.2 Å². The second kappa shape index (κ2) is 5.83. The first kappa shape index (κ1) is 12.8. The first-order valence-electron chi connectivity index (χ1n) is 5.97. The fraction of sp³-hybridized carbons (Fsp3) is 0.214. The second-order valence-corrected chi connectivity index (χ2v) is 3.98. The van der Waals surface area contributed by atoms with Gasteiger partial charge in [0.25, 0.3) is 5.56 Å². The zero-order valence-corrected chi connectivity index (χ0v) is 10.5. The monoisotopic (exact) mass is 255 g/mol. The van der Waals surface area contributed by atoms with E-state index in [1.165, 1.54) is 6.07 Å². The molecule has 2 aromatic rings. The van der Waals surface area contributed by atoms with E-state index in [0.29, 0.717) is 12.3 Å². The van der Waals surface area contributed by atoms with E-state index in [1.54, 1.807) is 0 Å². The minimum atomic E-state index is -0.478. The highest BCUT2D eigenvalue weighted by Gasteiger charge is 2.05. The van der Waals surface area contributed by atoms with Crippen LogP contribution in [0.2, 0.25) is 0 Å². The molecule has 1 aromatic carbocycles. The SMILES string of the molecule is CCCOc1ccc(-c2cc(C#N)c(=O)[nH]n2)cc1. The van der Waals surface area contributed by atoms with Gasteiger partial charge in [0.1, 0.15) is 17.4 Å². The number of nitrogens with zero attached hydrogens (tertiary/aromatic N) is 2. The van der Waals surface area contributed by atoms with E-state index in [-0.39, 0.29) is 5.56 Å². The Morgan fingerprint density at radius 3 is 2.74 bits per heavy atom. The number of rotatable bonds is 4. The molecule has 96 valence electrons. The Morgan fingerprint density at radius 2 is 2.11 bits per heavy atom. The Kier molecular flexibility index (Phi) is 3.94. The standard InChI is InChI=1S/C14H13N3O2/c1-2-7-19-12-5-3-10(4-6-12)13-8-11(9-15)14(18)17-16-13/h3-6,8H,2,7H2,1H3,(H,17,18). The minimum absolute atomic E-state index is 0.0521. The predicted molar refractivity (Wildman–Crippen MR) is 70.8 cm³/mol. The Bertz CT molecular complexity index is 654. The van der Waals surface area contributed by atoms with Gasteiger partial charge in [0.05, 0.1) is 12.3 Å². The van der Waals surface area contributed by atoms with E-state index in [1.807, 2.05) is 37.3 Å². The number of aromatic nitrogens is 2. The van der Waals surface area contributed by atoms with Gasteiger partial charge >= 0.3 is 0 Å². The van der Waals surface area contributed by atoms with E-state index in [9.17, 15) is 4.79 Å². The largest absolute Gasteiger partial charge is 0.494 e. The van der Waals surface area contributed by atoms with Crippen LogP contribution in [-0.4, -0.2) is 16.8 Å². The van der Waals surface area contributed by atoms with Crippen molar-refractivity contribution in [2.24, 2.45) is 0 Å². The molecule has 19 heavy (non-hydrogen) atoms. The molecule has 0 aliphatic heterocycles. The van der Waals surface area contributed by atoms with Crippen molar-refractivity contribution in [2.45, 2.75) is 13.3 Å². The van der Waals surface area contributed by atoms with Crippen molar-refractivity contribution in [1.82, 2.24) is 10.2 Å². The van der Waals surface area contributed by atoms with Gasteiger partial charge in [-0.1, -0.05) is 6.92 Å². The summed E-state index contributed by atoms with van der Waals surface area (Å²) in [4.78, 5) is 11.2. The Labute approximate surface area is 110 Å². The first-order valence-corrected chi connectivity index (χ1v) is 5.97. The smallest absolute Gasteiger partial charge is 0.282 e. The summed E-state index contributed by atoms with van der Waals surface area (Å²) in [6.45, 7) is 2.72. The molecule has 0 aliphatic rings. The maximum Gasteiger partial charge on any atom is 0.282 e. The fourth-order valence-electron chi connectivity index (χ4n) is 1.58. The van der Waals surface area contributed by atoms with Crippen LogP contribution in [0.3, 0.4) is 0 Å². The lowest BCUT2D eigenvalue weighted by Crippen LogP contribution is -2.11. The number of hydrogen-bond donors (Lipinski definition) is 1. The third-order valence-corrected chi connectivity index (χ3v) is 2.55. The average Bonchev–Trinajstić information content (AvgIpc) is 2.46. The quantitative estimate of drug-likeness (QED) is 0.907. The fourth-order valence-corrected chi connectivity index (χ4v) is 1.58. The molecular weight excluding hydrogens is 242 g/mol. The van der Waals surface area contributed by atoms with Crippen LogP contribution in [0.5, 0.6) is 5.75 Å². The summed E-state index contributed by atoms with van der Waals surface area (Å²) in [5.41, 5.74) is 0.945. The molecule has 0 amide bonds. The Morgan fingerprint density at radius 1 is 1.37 bits per heavy atom. The summed E-state index contributed by atoms with van der Waals surface area (Å²) in [7, 11) is 0. The van der Waals surface area contributed by atoms with Crippen LogP contribution in [-0.2, 0) is 0 Å². The molecule has 1 heterocycles. The molecule has 0 radical (unpaired) electrons. The first-order chi connectivity index (χ1) is 9.24. The molecule has 0 spiro atoms. The van der Waals surface area contributed by atoms with Crippen molar-refractivity contribution >= 4 is 0 Å². The molecule has 2 rings (SSSR count). The van der Waals surface area contributed by atoms with Gasteiger partial charge < -0.3 is 4.74 Å². The highest BCUT2D eigenvalue weighted by atomic mass is 16.5. The van der Waals surface area contributed by atoms with Crippen LogP contribution in [0, 0.1) is 11.3 Å². The molecule has 0 atom stereocenters. The molecule has 1 aromatic heterocycles. The van der Waals surface area contributed by atoms with Crippen molar-refractivity contribution in [3.63, 3.8) is 0 Å². The van der Waals surface area contributed by atoms with Crippen molar-refractivity contribution in [3.8, 4) is 23.1 Å². The van der Waals surface area contributed by atoms with Gasteiger partial charge in [-0.15, -0.1) is 0 Å². The third kappa shape index (κ3) is 2.99. The van der Waals surface area contributed by atoms with Gasteiger partial charge in [-0.05, 0) is 36.8 Å². The van der Waals surface area contributed by atoms with E-state index in [2.05, 4.69) is 10.2 Å². The zero-order valence-electron chi connectivity index (χ0n) is 10.5. The predicted octanol–water partition coefficient (Wildman–Crippen LogP) is 2.10. The third-order valence-electron chi connectivity index (χ3n) is 2.55. The number of nitrogens with one attached hydrogen (secondary N) is 1. The number of ether oxygens (including phenoxy) is 1. The maximum absolute atomic E-state index is 11.2. The summed E-state index contributed by atoms with van der Waals surface area (Å²) >= 11 is 0. The van der Waals surface area contributed by atoms with Crippen molar-refractivity contribution in [1.29, 1.82) is 5.26 Å². The van der Waals surface area contributed by atoms with E-state index in [0.717, 1.165) is 17.7 Å². The lowest BCUT2D eigenvalue weighted by Gasteiger charge is -2.05. The minimum Gasteiger partial charge on any atom is -0.494 e. The number of benzene rings is 1.